The third-order valence-corrected chi connectivity index (χ3v) is 3.53. The number of nitrogen functional groups attached to an aromatic ring is 1. The summed E-state index contributed by atoms with van der Waals surface area (Å²) in [7, 11) is 1.89. The van der Waals surface area contributed by atoms with Crippen LogP contribution in [-0.2, 0) is 13.5 Å². The van der Waals surface area contributed by atoms with E-state index in [9.17, 15) is 0 Å². The molecule has 0 saturated heterocycles. The molecule has 2 aromatic rings. The van der Waals surface area contributed by atoms with Gasteiger partial charge in [0.1, 0.15) is 11.5 Å². The molecule has 3 nitrogen and oxygen atoms in total. The molecule has 0 aromatic carbocycles. The summed E-state index contributed by atoms with van der Waals surface area (Å²) in [4.78, 5) is 2.51. The average molecular weight is 221 g/mol. The number of rotatable bonds is 2. The number of nitrogens with zero attached hydrogens (tertiary/aromatic N) is 2. The molecule has 0 fully saturated rings. The molecule has 0 aliphatic rings. The quantitative estimate of drug-likeness (QED) is 0.847. The summed E-state index contributed by atoms with van der Waals surface area (Å²) in [6.45, 7) is 4.21. The molecule has 0 amide bonds. The van der Waals surface area contributed by atoms with Crippen molar-refractivity contribution in [2.45, 2.75) is 20.3 Å². The third kappa shape index (κ3) is 1.65. The normalized spacial score (nSPS) is 10.9. The fraction of sp³-hybridized carbons (Fsp3) is 0.364. The van der Waals surface area contributed by atoms with Gasteiger partial charge in [0.25, 0.3) is 0 Å². The molecule has 0 unspecified atom stereocenters. The summed E-state index contributed by atoms with van der Waals surface area (Å²) in [5.74, 6) is 0.776. The Kier molecular flexibility index (Phi) is 2.52. The van der Waals surface area contributed by atoms with Crippen LogP contribution in [0.25, 0.3) is 10.6 Å². The van der Waals surface area contributed by atoms with Gasteiger partial charge in [0.2, 0.25) is 0 Å². The first kappa shape index (κ1) is 10.2. The fourth-order valence-electron chi connectivity index (χ4n) is 1.69. The molecule has 0 spiro atoms. The van der Waals surface area contributed by atoms with Gasteiger partial charge < -0.3 is 5.73 Å². The molecular formula is C11H15N3S. The van der Waals surface area contributed by atoms with E-state index in [1.165, 1.54) is 9.75 Å². The fourth-order valence-corrected chi connectivity index (χ4v) is 2.57. The van der Waals surface area contributed by atoms with Crippen LogP contribution in [0.3, 0.4) is 0 Å². The molecule has 2 heterocycles. The predicted octanol–water partition coefficient (Wildman–Crippen LogP) is 2.60. The lowest BCUT2D eigenvalue weighted by atomic mass is 10.1. The van der Waals surface area contributed by atoms with Gasteiger partial charge in [0.05, 0.1) is 4.88 Å². The van der Waals surface area contributed by atoms with Crippen molar-refractivity contribution in [3.8, 4) is 10.6 Å². The maximum atomic E-state index is 5.96. The lowest BCUT2D eigenvalue weighted by molar-refractivity contribution is 0.782. The molecule has 15 heavy (non-hydrogen) atoms. The number of anilines is 1. The highest BCUT2D eigenvalue weighted by molar-refractivity contribution is 7.15. The third-order valence-electron chi connectivity index (χ3n) is 2.52. The van der Waals surface area contributed by atoms with Crippen molar-refractivity contribution in [3.63, 3.8) is 0 Å². The summed E-state index contributed by atoms with van der Waals surface area (Å²) in [6.07, 6.45) is 0.923. The Morgan fingerprint density at radius 3 is 2.73 bits per heavy atom. The highest BCUT2D eigenvalue weighted by Gasteiger charge is 2.14. The first-order valence-electron chi connectivity index (χ1n) is 5.01. The maximum Gasteiger partial charge on any atom is 0.125 e. The topological polar surface area (TPSA) is 43.8 Å². The van der Waals surface area contributed by atoms with Gasteiger partial charge in [0.15, 0.2) is 0 Å². The summed E-state index contributed by atoms with van der Waals surface area (Å²) in [6, 6.07) is 4.23. The van der Waals surface area contributed by atoms with E-state index in [1.54, 1.807) is 16.0 Å². The molecule has 2 N–H and O–H groups in total. The van der Waals surface area contributed by atoms with Gasteiger partial charge in [-0.1, -0.05) is 6.92 Å². The number of nitrogens with two attached hydrogens (primary N) is 1. The van der Waals surface area contributed by atoms with E-state index in [1.807, 2.05) is 7.05 Å². The molecule has 0 radical (unpaired) electrons. The summed E-state index contributed by atoms with van der Waals surface area (Å²) >= 11 is 1.76. The molecule has 0 bridgehead atoms. The Hall–Kier alpha value is -1.29. The van der Waals surface area contributed by atoms with Crippen molar-refractivity contribution in [2.75, 3.05) is 5.73 Å². The minimum atomic E-state index is 0.776. The predicted molar refractivity (Wildman–Crippen MR) is 65.0 cm³/mol. The Morgan fingerprint density at radius 1 is 1.47 bits per heavy atom. The lowest BCUT2D eigenvalue weighted by Gasteiger charge is -1.96. The average Bonchev–Trinajstić information content (AvgIpc) is 2.73. The van der Waals surface area contributed by atoms with Crippen molar-refractivity contribution in [2.24, 2.45) is 7.05 Å². The van der Waals surface area contributed by atoms with Crippen LogP contribution >= 0.6 is 11.3 Å². The zero-order valence-electron chi connectivity index (χ0n) is 9.24. The Balaban J connectivity index is 2.57. The Labute approximate surface area is 93.5 Å². The van der Waals surface area contributed by atoms with Gasteiger partial charge in [0, 0.05) is 17.5 Å². The van der Waals surface area contributed by atoms with Crippen LogP contribution in [0.5, 0.6) is 0 Å². The summed E-state index contributed by atoms with van der Waals surface area (Å²) in [5.41, 5.74) is 8.15. The van der Waals surface area contributed by atoms with Crippen LogP contribution < -0.4 is 5.73 Å². The number of hydrogen-bond acceptors (Lipinski definition) is 3. The van der Waals surface area contributed by atoms with E-state index in [-0.39, 0.29) is 0 Å². The van der Waals surface area contributed by atoms with Crippen LogP contribution in [0.4, 0.5) is 5.82 Å². The Bertz CT molecular complexity index is 482. The van der Waals surface area contributed by atoms with Gasteiger partial charge in [-0.15, -0.1) is 11.3 Å². The molecule has 2 aromatic heterocycles. The van der Waals surface area contributed by atoms with E-state index < -0.39 is 0 Å². The van der Waals surface area contributed by atoms with Crippen LogP contribution in [-0.4, -0.2) is 9.78 Å². The standard InChI is InChI=1S/C11H15N3S/c1-4-8-10(13-14(3)11(8)12)9-6-5-7(2)15-9/h5-6H,4,12H2,1-3H3. The molecule has 0 atom stereocenters. The molecule has 0 aliphatic heterocycles. The highest BCUT2D eigenvalue weighted by Crippen LogP contribution is 2.32. The minimum absolute atomic E-state index is 0.776. The van der Waals surface area contributed by atoms with Gasteiger partial charge in [-0.2, -0.15) is 5.10 Å². The van der Waals surface area contributed by atoms with Crippen molar-refractivity contribution in [1.29, 1.82) is 0 Å². The van der Waals surface area contributed by atoms with Crippen molar-refractivity contribution >= 4 is 17.2 Å². The van der Waals surface area contributed by atoms with E-state index in [2.05, 4.69) is 31.1 Å². The summed E-state index contributed by atoms with van der Waals surface area (Å²) in [5, 5.41) is 4.47. The van der Waals surface area contributed by atoms with E-state index in [0.29, 0.717) is 0 Å². The van der Waals surface area contributed by atoms with Gasteiger partial charge in [-0.25, -0.2) is 0 Å². The van der Waals surface area contributed by atoms with Crippen molar-refractivity contribution in [3.05, 3.63) is 22.6 Å². The number of aromatic nitrogens is 2. The zero-order valence-corrected chi connectivity index (χ0v) is 10.1. The zero-order chi connectivity index (χ0) is 11.0. The van der Waals surface area contributed by atoms with Gasteiger partial charge in [-0.05, 0) is 25.5 Å². The van der Waals surface area contributed by atoms with E-state index >= 15 is 0 Å². The SMILES string of the molecule is CCc1c(-c2ccc(C)s2)nn(C)c1N. The lowest BCUT2D eigenvalue weighted by Crippen LogP contribution is -1.98. The van der Waals surface area contributed by atoms with Crippen LogP contribution in [0, 0.1) is 6.92 Å². The number of thiophene rings is 1. The monoisotopic (exact) mass is 221 g/mol. The second kappa shape index (κ2) is 3.70. The first-order chi connectivity index (χ1) is 7.13. The minimum Gasteiger partial charge on any atom is -0.384 e. The van der Waals surface area contributed by atoms with Crippen molar-refractivity contribution < 1.29 is 0 Å². The first-order valence-corrected chi connectivity index (χ1v) is 5.83. The Morgan fingerprint density at radius 2 is 2.20 bits per heavy atom. The second-order valence-corrected chi connectivity index (χ2v) is 4.89. The smallest absolute Gasteiger partial charge is 0.125 e. The molecule has 0 aliphatic carbocycles. The number of hydrogen-bond donors (Lipinski definition) is 1. The van der Waals surface area contributed by atoms with Gasteiger partial charge >= 0.3 is 0 Å². The molecule has 4 heteroatoms. The number of aryl methyl sites for hydroxylation is 2. The van der Waals surface area contributed by atoms with Gasteiger partial charge in [-0.3, -0.25) is 4.68 Å². The maximum absolute atomic E-state index is 5.96. The molecule has 80 valence electrons. The molecule has 2 rings (SSSR count). The van der Waals surface area contributed by atoms with Crippen molar-refractivity contribution in [1.82, 2.24) is 9.78 Å². The van der Waals surface area contributed by atoms with E-state index in [0.717, 1.165) is 23.5 Å². The van der Waals surface area contributed by atoms with Crippen LogP contribution in [0.2, 0.25) is 0 Å². The second-order valence-electron chi connectivity index (χ2n) is 3.60. The van der Waals surface area contributed by atoms with E-state index in [4.69, 9.17) is 5.73 Å². The van der Waals surface area contributed by atoms with Crippen LogP contribution in [0.15, 0.2) is 12.1 Å². The molecule has 0 saturated carbocycles. The largest absolute Gasteiger partial charge is 0.384 e. The summed E-state index contributed by atoms with van der Waals surface area (Å²) < 4.78 is 1.75. The highest BCUT2D eigenvalue weighted by atomic mass is 32.1. The molecular weight excluding hydrogens is 206 g/mol. The van der Waals surface area contributed by atoms with Crippen LogP contribution in [0.1, 0.15) is 17.4 Å².